The van der Waals surface area contributed by atoms with Crippen LogP contribution in [0, 0.1) is 0 Å². The minimum atomic E-state index is -0.860. The van der Waals surface area contributed by atoms with E-state index in [1.54, 1.807) is 6.07 Å². The van der Waals surface area contributed by atoms with Crippen molar-refractivity contribution >= 4 is 23.6 Å². The van der Waals surface area contributed by atoms with Crippen LogP contribution < -0.4 is 5.32 Å². The zero-order valence-electron chi connectivity index (χ0n) is 11.7. The predicted molar refractivity (Wildman–Crippen MR) is 78.3 cm³/mol. The van der Waals surface area contributed by atoms with E-state index in [1.807, 2.05) is 0 Å². The van der Waals surface area contributed by atoms with Gasteiger partial charge in [-0.05, 0) is 6.07 Å². The standard InChI is InChI=1S/C13H15N3O5S/c17-10(14-4-6-22-8-12(18)19)1-2-11-15-13(16-21-11)9-3-5-20-7-9/h3,5,7H,1-2,4,6,8H2,(H,14,17)(H,18,19). The molecule has 0 unspecified atom stereocenters. The Kier molecular flexibility index (Phi) is 6.01. The molecule has 1 amide bonds. The summed E-state index contributed by atoms with van der Waals surface area (Å²) in [5, 5.41) is 15.0. The second-order valence-corrected chi connectivity index (χ2v) is 5.43. The molecule has 22 heavy (non-hydrogen) atoms. The first-order chi connectivity index (χ1) is 10.6. The Balaban J connectivity index is 1.65. The molecule has 0 aliphatic heterocycles. The average Bonchev–Trinajstić information content (AvgIpc) is 3.15. The van der Waals surface area contributed by atoms with Gasteiger partial charge in [-0.1, -0.05) is 5.16 Å². The lowest BCUT2D eigenvalue weighted by molar-refractivity contribution is -0.133. The minimum absolute atomic E-state index is 0.0364. The molecule has 0 atom stereocenters. The van der Waals surface area contributed by atoms with Crippen LogP contribution in [0.4, 0.5) is 0 Å². The molecule has 0 spiro atoms. The van der Waals surface area contributed by atoms with Crippen LogP contribution in [0.1, 0.15) is 12.3 Å². The van der Waals surface area contributed by atoms with E-state index in [1.165, 1.54) is 24.3 Å². The number of carbonyl (C=O) groups excluding carboxylic acids is 1. The lowest BCUT2D eigenvalue weighted by atomic mass is 10.3. The van der Waals surface area contributed by atoms with E-state index in [0.29, 0.717) is 30.4 Å². The SMILES string of the molecule is O=C(O)CSCCNC(=O)CCc1nc(-c2ccoc2)no1. The Morgan fingerprint density at radius 1 is 1.41 bits per heavy atom. The molecule has 0 radical (unpaired) electrons. The summed E-state index contributed by atoms with van der Waals surface area (Å²) in [7, 11) is 0. The van der Waals surface area contributed by atoms with Crippen molar-refractivity contribution in [2.45, 2.75) is 12.8 Å². The largest absolute Gasteiger partial charge is 0.481 e. The van der Waals surface area contributed by atoms with Crippen molar-refractivity contribution in [3.05, 3.63) is 24.5 Å². The molecule has 9 heteroatoms. The van der Waals surface area contributed by atoms with E-state index < -0.39 is 5.97 Å². The summed E-state index contributed by atoms with van der Waals surface area (Å²) in [5.74, 6) is 0.402. The lowest BCUT2D eigenvalue weighted by Gasteiger charge is -2.02. The van der Waals surface area contributed by atoms with Gasteiger partial charge in [0, 0.05) is 25.1 Å². The third-order valence-corrected chi connectivity index (χ3v) is 3.55. The molecule has 0 bridgehead atoms. The Labute approximate surface area is 130 Å². The zero-order valence-corrected chi connectivity index (χ0v) is 12.5. The van der Waals surface area contributed by atoms with Crippen molar-refractivity contribution in [2.24, 2.45) is 0 Å². The van der Waals surface area contributed by atoms with Gasteiger partial charge in [0.1, 0.15) is 6.26 Å². The molecule has 0 aliphatic carbocycles. The first-order valence-corrected chi connectivity index (χ1v) is 7.72. The number of nitrogens with zero attached hydrogens (tertiary/aromatic N) is 2. The molecular weight excluding hydrogens is 310 g/mol. The van der Waals surface area contributed by atoms with E-state index in [4.69, 9.17) is 14.0 Å². The number of hydrogen-bond acceptors (Lipinski definition) is 7. The second kappa shape index (κ2) is 8.23. The van der Waals surface area contributed by atoms with Gasteiger partial charge in [0.2, 0.25) is 17.6 Å². The van der Waals surface area contributed by atoms with E-state index in [0.717, 1.165) is 5.56 Å². The molecule has 2 rings (SSSR count). The maximum atomic E-state index is 11.6. The van der Waals surface area contributed by atoms with Crippen LogP contribution in [0.2, 0.25) is 0 Å². The summed E-state index contributed by atoms with van der Waals surface area (Å²) in [6.07, 6.45) is 3.60. The Bertz CT molecular complexity index is 611. The predicted octanol–water partition coefficient (Wildman–Crippen LogP) is 1.20. The Morgan fingerprint density at radius 3 is 3.00 bits per heavy atom. The number of aryl methyl sites for hydroxylation is 1. The fourth-order valence-electron chi connectivity index (χ4n) is 1.60. The van der Waals surface area contributed by atoms with Gasteiger partial charge in [-0.25, -0.2) is 0 Å². The molecule has 118 valence electrons. The zero-order chi connectivity index (χ0) is 15.8. The molecular formula is C13H15N3O5S. The van der Waals surface area contributed by atoms with Crippen molar-refractivity contribution in [3.63, 3.8) is 0 Å². The smallest absolute Gasteiger partial charge is 0.313 e. The van der Waals surface area contributed by atoms with Gasteiger partial charge in [0.05, 0.1) is 17.6 Å². The third-order valence-electron chi connectivity index (χ3n) is 2.61. The highest BCUT2D eigenvalue weighted by atomic mass is 32.2. The van der Waals surface area contributed by atoms with Gasteiger partial charge in [-0.15, -0.1) is 11.8 Å². The first kappa shape index (κ1) is 16.1. The maximum absolute atomic E-state index is 11.6. The highest BCUT2D eigenvalue weighted by Crippen LogP contribution is 2.16. The molecule has 2 aromatic heterocycles. The number of carbonyl (C=O) groups is 2. The molecule has 0 aliphatic rings. The Hall–Kier alpha value is -2.29. The van der Waals surface area contributed by atoms with Crippen molar-refractivity contribution in [2.75, 3.05) is 18.1 Å². The quantitative estimate of drug-likeness (QED) is 0.660. The van der Waals surface area contributed by atoms with Crippen LogP contribution >= 0.6 is 11.8 Å². The maximum Gasteiger partial charge on any atom is 0.313 e. The summed E-state index contributed by atoms with van der Waals surface area (Å²) in [6, 6.07) is 1.72. The van der Waals surface area contributed by atoms with Crippen LogP contribution in [0.15, 0.2) is 27.5 Å². The van der Waals surface area contributed by atoms with Gasteiger partial charge in [-0.3, -0.25) is 9.59 Å². The van der Waals surface area contributed by atoms with Gasteiger partial charge >= 0.3 is 5.97 Å². The number of carboxylic acid groups (broad SMARTS) is 1. The number of carboxylic acids is 1. The number of aromatic nitrogens is 2. The Morgan fingerprint density at radius 2 is 2.27 bits per heavy atom. The number of aliphatic carboxylic acids is 1. The number of thioether (sulfide) groups is 1. The number of amides is 1. The van der Waals surface area contributed by atoms with Crippen LogP contribution in [0.5, 0.6) is 0 Å². The number of furan rings is 1. The molecule has 0 saturated heterocycles. The number of hydrogen-bond donors (Lipinski definition) is 2. The molecule has 0 saturated carbocycles. The highest BCUT2D eigenvalue weighted by molar-refractivity contribution is 7.99. The number of rotatable bonds is 9. The molecule has 0 fully saturated rings. The summed E-state index contributed by atoms with van der Waals surface area (Å²) in [6.45, 7) is 0.431. The highest BCUT2D eigenvalue weighted by Gasteiger charge is 2.11. The van der Waals surface area contributed by atoms with E-state index in [9.17, 15) is 9.59 Å². The summed E-state index contributed by atoms with van der Waals surface area (Å²) < 4.78 is 9.99. The topological polar surface area (TPSA) is 118 Å². The van der Waals surface area contributed by atoms with Crippen LogP contribution in [-0.4, -0.2) is 45.2 Å². The van der Waals surface area contributed by atoms with Gasteiger partial charge in [-0.2, -0.15) is 4.98 Å². The summed E-state index contributed by atoms with van der Waals surface area (Å²) >= 11 is 1.26. The third kappa shape index (κ3) is 5.24. The van der Waals surface area contributed by atoms with E-state index in [2.05, 4.69) is 15.5 Å². The van der Waals surface area contributed by atoms with Crippen LogP contribution in [-0.2, 0) is 16.0 Å². The minimum Gasteiger partial charge on any atom is -0.481 e. The molecule has 0 aromatic carbocycles. The van der Waals surface area contributed by atoms with E-state index in [-0.39, 0.29) is 18.1 Å². The lowest BCUT2D eigenvalue weighted by Crippen LogP contribution is -2.26. The van der Waals surface area contributed by atoms with Crippen molar-refractivity contribution in [3.8, 4) is 11.4 Å². The van der Waals surface area contributed by atoms with Gasteiger partial charge < -0.3 is 19.4 Å². The molecule has 2 heterocycles. The second-order valence-electron chi connectivity index (χ2n) is 4.32. The number of nitrogens with one attached hydrogen (secondary N) is 1. The monoisotopic (exact) mass is 325 g/mol. The van der Waals surface area contributed by atoms with Crippen LogP contribution in [0.3, 0.4) is 0 Å². The average molecular weight is 325 g/mol. The fourth-order valence-corrected chi connectivity index (χ4v) is 2.16. The van der Waals surface area contributed by atoms with Crippen molar-refractivity contribution in [1.29, 1.82) is 0 Å². The van der Waals surface area contributed by atoms with E-state index >= 15 is 0 Å². The molecule has 2 N–H and O–H groups in total. The van der Waals surface area contributed by atoms with Gasteiger partial charge in [0.25, 0.3) is 0 Å². The normalized spacial score (nSPS) is 10.5. The van der Waals surface area contributed by atoms with Gasteiger partial charge in [0.15, 0.2) is 0 Å². The fraction of sp³-hybridized carbons (Fsp3) is 0.385. The van der Waals surface area contributed by atoms with Crippen molar-refractivity contribution in [1.82, 2.24) is 15.5 Å². The summed E-state index contributed by atoms with van der Waals surface area (Å²) in [5.41, 5.74) is 0.718. The molecule has 8 nitrogen and oxygen atoms in total. The van der Waals surface area contributed by atoms with Crippen LogP contribution in [0.25, 0.3) is 11.4 Å². The molecule has 2 aromatic rings. The summed E-state index contributed by atoms with van der Waals surface area (Å²) in [4.78, 5) is 26.1. The van der Waals surface area contributed by atoms with Crippen molar-refractivity contribution < 1.29 is 23.6 Å². The first-order valence-electron chi connectivity index (χ1n) is 6.56.